The summed E-state index contributed by atoms with van der Waals surface area (Å²) in [4.78, 5) is 27.5. The molecular weight excluding hydrogens is 336 g/mol. The van der Waals surface area contributed by atoms with Gasteiger partial charge in [0, 0.05) is 18.3 Å². The van der Waals surface area contributed by atoms with Gasteiger partial charge in [-0.2, -0.15) is 4.98 Å². The average Bonchev–Trinajstić information content (AvgIpc) is 3.12. The molecule has 0 bridgehead atoms. The van der Waals surface area contributed by atoms with Gasteiger partial charge in [-0.25, -0.2) is 4.98 Å². The quantitative estimate of drug-likeness (QED) is 0.725. The highest BCUT2D eigenvalue weighted by Gasteiger charge is 2.26. The summed E-state index contributed by atoms with van der Waals surface area (Å²) in [5.41, 5.74) is 4.49. The number of rotatable bonds is 4. The maximum absolute atomic E-state index is 13.3. The summed E-state index contributed by atoms with van der Waals surface area (Å²) in [6.45, 7) is 4.76. The van der Waals surface area contributed by atoms with E-state index in [-0.39, 0.29) is 5.91 Å². The molecule has 5 nitrogen and oxygen atoms in total. The summed E-state index contributed by atoms with van der Waals surface area (Å²) < 4.78 is 0. The van der Waals surface area contributed by atoms with Crippen LogP contribution in [0.2, 0.25) is 0 Å². The Bertz CT molecular complexity index is 939. The Hall–Kier alpha value is -2.69. The number of carbonyl (C=O) groups excluding carboxylic acids is 1. The lowest BCUT2D eigenvalue weighted by molar-refractivity contribution is 0.0979. The standard InChI is InChI=1S/C22H26N4O/c1-15-8-10-18(11-9-15)21(27)26(14-17-6-4-3-5-7-17)22-24-19-16(2)12-13-23-20(19)25-22/h8-13,17H,3-7,14H2,1-2H3,(H,23,24,25). The van der Waals surface area contributed by atoms with Crippen molar-refractivity contribution in [3.8, 4) is 0 Å². The highest BCUT2D eigenvalue weighted by atomic mass is 16.2. The number of hydrogen-bond donors (Lipinski definition) is 1. The van der Waals surface area contributed by atoms with Crippen LogP contribution >= 0.6 is 0 Å². The lowest BCUT2D eigenvalue weighted by Crippen LogP contribution is -2.37. The maximum Gasteiger partial charge on any atom is 0.260 e. The number of aromatic amines is 1. The fourth-order valence-corrected chi connectivity index (χ4v) is 3.90. The molecule has 2 heterocycles. The van der Waals surface area contributed by atoms with Crippen LogP contribution < -0.4 is 4.90 Å². The van der Waals surface area contributed by atoms with E-state index in [1.165, 1.54) is 32.1 Å². The molecule has 0 aliphatic heterocycles. The lowest BCUT2D eigenvalue weighted by atomic mass is 9.89. The molecule has 2 aromatic heterocycles. The molecule has 1 aliphatic carbocycles. The van der Waals surface area contributed by atoms with Crippen molar-refractivity contribution in [1.82, 2.24) is 15.0 Å². The molecule has 1 saturated carbocycles. The van der Waals surface area contributed by atoms with Crippen LogP contribution in [0, 0.1) is 19.8 Å². The van der Waals surface area contributed by atoms with Crippen molar-refractivity contribution in [2.75, 3.05) is 11.4 Å². The number of benzene rings is 1. The molecule has 1 amide bonds. The molecule has 27 heavy (non-hydrogen) atoms. The molecule has 0 atom stereocenters. The summed E-state index contributed by atoms with van der Waals surface area (Å²) in [6, 6.07) is 9.72. The Labute approximate surface area is 159 Å². The zero-order chi connectivity index (χ0) is 18.8. The molecule has 0 saturated heterocycles. The van der Waals surface area contributed by atoms with Crippen LogP contribution in [0.25, 0.3) is 11.2 Å². The number of nitrogens with zero attached hydrogens (tertiary/aromatic N) is 3. The van der Waals surface area contributed by atoms with Crippen LogP contribution in [-0.2, 0) is 0 Å². The van der Waals surface area contributed by atoms with E-state index >= 15 is 0 Å². The van der Waals surface area contributed by atoms with E-state index in [1.807, 2.05) is 49.1 Å². The van der Waals surface area contributed by atoms with Gasteiger partial charge in [0.25, 0.3) is 5.91 Å². The number of H-pyrrole nitrogens is 1. The number of fused-ring (bicyclic) bond motifs is 1. The van der Waals surface area contributed by atoms with Gasteiger partial charge in [0.15, 0.2) is 5.65 Å². The van der Waals surface area contributed by atoms with Crippen LogP contribution in [0.1, 0.15) is 53.6 Å². The van der Waals surface area contributed by atoms with E-state index in [1.54, 1.807) is 6.20 Å². The van der Waals surface area contributed by atoms with Crippen LogP contribution in [0.15, 0.2) is 36.5 Å². The van der Waals surface area contributed by atoms with Gasteiger partial charge in [0.1, 0.15) is 0 Å². The Kier molecular flexibility index (Phi) is 4.92. The third-order valence-electron chi connectivity index (χ3n) is 5.55. The molecule has 1 aromatic carbocycles. The Morgan fingerprint density at radius 1 is 1.11 bits per heavy atom. The molecule has 1 aliphatic rings. The number of carbonyl (C=O) groups is 1. The zero-order valence-electron chi connectivity index (χ0n) is 16.0. The topological polar surface area (TPSA) is 61.9 Å². The van der Waals surface area contributed by atoms with E-state index in [2.05, 4.69) is 15.0 Å². The monoisotopic (exact) mass is 362 g/mol. The van der Waals surface area contributed by atoms with Crippen molar-refractivity contribution in [3.05, 3.63) is 53.2 Å². The summed E-state index contributed by atoms with van der Waals surface area (Å²) in [7, 11) is 0. The first-order chi connectivity index (χ1) is 13.1. The number of nitrogens with one attached hydrogen (secondary N) is 1. The highest BCUT2D eigenvalue weighted by Crippen LogP contribution is 2.27. The third kappa shape index (κ3) is 3.72. The molecule has 1 N–H and O–H groups in total. The van der Waals surface area contributed by atoms with Gasteiger partial charge in [-0.1, -0.05) is 37.0 Å². The van der Waals surface area contributed by atoms with Crippen molar-refractivity contribution < 1.29 is 4.79 Å². The predicted molar refractivity (Wildman–Crippen MR) is 108 cm³/mol. The Morgan fingerprint density at radius 2 is 1.85 bits per heavy atom. The van der Waals surface area contributed by atoms with E-state index in [4.69, 9.17) is 0 Å². The molecule has 0 spiro atoms. The molecule has 0 unspecified atom stereocenters. The number of anilines is 1. The average molecular weight is 362 g/mol. The van der Waals surface area contributed by atoms with E-state index < -0.39 is 0 Å². The van der Waals surface area contributed by atoms with Gasteiger partial charge in [-0.05, 0) is 56.4 Å². The van der Waals surface area contributed by atoms with Gasteiger partial charge in [0.2, 0.25) is 5.95 Å². The summed E-state index contributed by atoms with van der Waals surface area (Å²) >= 11 is 0. The van der Waals surface area contributed by atoms with E-state index in [0.717, 1.165) is 16.6 Å². The zero-order valence-corrected chi connectivity index (χ0v) is 16.0. The summed E-state index contributed by atoms with van der Waals surface area (Å²) in [5, 5.41) is 0. The second kappa shape index (κ2) is 7.51. The molecule has 1 fully saturated rings. The summed E-state index contributed by atoms with van der Waals surface area (Å²) in [5.74, 6) is 1.12. The van der Waals surface area contributed by atoms with Gasteiger partial charge < -0.3 is 4.98 Å². The number of hydrogen-bond acceptors (Lipinski definition) is 3. The number of amides is 1. The number of pyridine rings is 1. The second-order valence-corrected chi connectivity index (χ2v) is 7.67. The third-order valence-corrected chi connectivity index (χ3v) is 5.55. The minimum atomic E-state index is -0.00252. The number of aromatic nitrogens is 3. The molecule has 5 heteroatoms. The van der Waals surface area contributed by atoms with Gasteiger partial charge >= 0.3 is 0 Å². The van der Waals surface area contributed by atoms with Crippen LogP contribution in [0.5, 0.6) is 0 Å². The Morgan fingerprint density at radius 3 is 2.56 bits per heavy atom. The number of imidazole rings is 1. The molecule has 3 aromatic rings. The van der Waals surface area contributed by atoms with E-state index in [9.17, 15) is 4.79 Å². The largest absolute Gasteiger partial charge is 0.322 e. The van der Waals surface area contributed by atoms with Crippen LogP contribution in [0.3, 0.4) is 0 Å². The molecule has 140 valence electrons. The maximum atomic E-state index is 13.3. The van der Waals surface area contributed by atoms with Gasteiger partial charge in [-0.3, -0.25) is 9.69 Å². The lowest BCUT2D eigenvalue weighted by Gasteiger charge is -2.28. The predicted octanol–water partition coefficient (Wildman–Crippen LogP) is 4.80. The SMILES string of the molecule is Cc1ccc(C(=O)N(CC2CCCCC2)c2nc3nccc(C)c3[nH]2)cc1. The molecule has 0 radical (unpaired) electrons. The van der Waals surface area contributed by atoms with Crippen molar-refractivity contribution in [2.45, 2.75) is 46.0 Å². The van der Waals surface area contributed by atoms with Crippen molar-refractivity contribution in [2.24, 2.45) is 5.92 Å². The normalized spacial score (nSPS) is 15.2. The fourth-order valence-electron chi connectivity index (χ4n) is 3.90. The Balaban J connectivity index is 1.70. The number of aryl methyl sites for hydroxylation is 2. The minimum Gasteiger partial charge on any atom is -0.322 e. The van der Waals surface area contributed by atoms with Crippen molar-refractivity contribution in [1.29, 1.82) is 0 Å². The smallest absolute Gasteiger partial charge is 0.260 e. The van der Waals surface area contributed by atoms with Crippen molar-refractivity contribution in [3.63, 3.8) is 0 Å². The molecule has 4 rings (SSSR count). The van der Waals surface area contributed by atoms with Crippen molar-refractivity contribution >= 4 is 23.0 Å². The first kappa shape index (κ1) is 17.7. The van der Waals surface area contributed by atoms with Gasteiger partial charge in [-0.15, -0.1) is 0 Å². The summed E-state index contributed by atoms with van der Waals surface area (Å²) in [6.07, 6.45) is 7.91. The van der Waals surface area contributed by atoms with Crippen LogP contribution in [-0.4, -0.2) is 27.4 Å². The first-order valence-corrected chi connectivity index (χ1v) is 9.81. The minimum absolute atomic E-state index is 0.00252. The second-order valence-electron chi connectivity index (χ2n) is 7.67. The highest BCUT2D eigenvalue weighted by molar-refractivity contribution is 6.05. The molecular formula is C22H26N4O. The first-order valence-electron chi connectivity index (χ1n) is 9.81. The fraction of sp³-hybridized carbons (Fsp3) is 0.409. The van der Waals surface area contributed by atoms with E-state index in [0.29, 0.717) is 29.6 Å². The van der Waals surface area contributed by atoms with Gasteiger partial charge in [0.05, 0.1) is 5.52 Å². The van der Waals surface area contributed by atoms with Crippen LogP contribution in [0.4, 0.5) is 5.95 Å².